The van der Waals surface area contributed by atoms with Gasteiger partial charge in [0.25, 0.3) is 0 Å². The zero-order valence-electron chi connectivity index (χ0n) is 10.7. The number of nitrogens with zero attached hydrogens (tertiary/aromatic N) is 1. The Bertz CT molecular complexity index is 557. The third-order valence-corrected chi connectivity index (χ3v) is 3.18. The van der Waals surface area contributed by atoms with Crippen molar-refractivity contribution in [3.05, 3.63) is 53.9 Å². The minimum atomic E-state index is 0.691. The summed E-state index contributed by atoms with van der Waals surface area (Å²) >= 11 is 6.16. The highest BCUT2D eigenvalue weighted by Crippen LogP contribution is 2.24. The summed E-state index contributed by atoms with van der Waals surface area (Å²) in [5.41, 5.74) is 2.12. The van der Waals surface area contributed by atoms with Crippen LogP contribution in [0.25, 0.3) is 10.9 Å². The molecule has 0 radical (unpaired) electrons. The van der Waals surface area contributed by atoms with Gasteiger partial charge in [-0.3, -0.25) is 4.98 Å². The molecule has 0 unspecified atom stereocenters. The van der Waals surface area contributed by atoms with Gasteiger partial charge in [0.15, 0.2) is 0 Å². The van der Waals surface area contributed by atoms with Gasteiger partial charge in [0.1, 0.15) is 0 Å². The first-order valence-electron chi connectivity index (χ1n) is 6.28. The normalized spacial score (nSPS) is 10.6. The molecule has 2 rings (SSSR count). The summed E-state index contributed by atoms with van der Waals surface area (Å²) in [5.74, 6) is 0. The van der Waals surface area contributed by atoms with Gasteiger partial charge in [-0.25, -0.2) is 0 Å². The molecule has 1 aromatic carbocycles. The van der Waals surface area contributed by atoms with E-state index in [1.807, 2.05) is 24.3 Å². The zero-order chi connectivity index (χ0) is 13.5. The lowest BCUT2D eigenvalue weighted by Crippen LogP contribution is -2.16. The van der Waals surface area contributed by atoms with Crippen LogP contribution in [0.15, 0.2) is 43.3 Å². The molecule has 0 fully saturated rings. The van der Waals surface area contributed by atoms with E-state index in [-0.39, 0.29) is 0 Å². The Balaban J connectivity index is 1.97. The zero-order valence-corrected chi connectivity index (χ0v) is 11.5. The average molecular weight is 277 g/mol. The molecule has 0 saturated carbocycles. The topological polar surface area (TPSA) is 34.1 Å². The molecule has 1 N–H and O–H groups in total. The Hall–Kier alpha value is -1.58. The van der Waals surface area contributed by atoms with E-state index in [1.54, 1.807) is 6.20 Å². The number of hydrogen-bond acceptors (Lipinski definition) is 3. The van der Waals surface area contributed by atoms with Crippen molar-refractivity contribution in [3.63, 3.8) is 0 Å². The van der Waals surface area contributed by atoms with E-state index in [2.05, 4.69) is 16.9 Å². The van der Waals surface area contributed by atoms with Gasteiger partial charge in [-0.1, -0.05) is 24.2 Å². The first-order chi connectivity index (χ1) is 9.33. The molecule has 1 heterocycles. The van der Waals surface area contributed by atoms with E-state index >= 15 is 0 Å². The molecule has 0 saturated heterocycles. The van der Waals surface area contributed by atoms with Crippen molar-refractivity contribution in [2.45, 2.75) is 13.0 Å². The summed E-state index contributed by atoms with van der Waals surface area (Å²) in [5, 5.41) is 5.12. The lowest BCUT2D eigenvalue weighted by atomic mass is 10.1. The first kappa shape index (κ1) is 13.8. The number of aromatic nitrogens is 1. The SMILES string of the molecule is C=COCCCNCc1ccc(Cl)c2cccnc12. The summed E-state index contributed by atoms with van der Waals surface area (Å²) < 4.78 is 5.07. The summed E-state index contributed by atoms with van der Waals surface area (Å²) in [6.45, 7) is 5.87. The number of nitrogens with one attached hydrogen (secondary N) is 1. The second-order valence-electron chi connectivity index (χ2n) is 4.17. The third kappa shape index (κ3) is 3.69. The molecule has 3 nitrogen and oxygen atoms in total. The number of pyridine rings is 1. The fourth-order valence-corrected chi connectivity index (χ4v) is 2.14. The van der Waals surface area contributed by atoms with E-state index in [0.717, 1.165) is 41.0 Å². The standard InChI is InChI=1S/C15H17ClN2O/c1-2-19-10-4-8-17-11-12-6-7-14(16)13-5-3-9-18-15(12)13/h2-3,5-7,9,17H,1,4,8,10-11H2. The highest BCUT2D eigenvalue weighted by molar-refractivity contribution is 6.35. The molecule has 100 valence electrons. The van der Waals surface area contributed by atoms with Crippen molar-refractivity contribution < 1.29 is 4.74 Å². The highest BCUT2D eigenvalue weighted by Gasteiger charge is 2.04. The number of benzene rings is 1. The summed E-state index contributed by atoms with van der Waals surface area (Å²) in [7, 11) is 0. The Morgan fingerprint density at radius 3 is 3.11 bits per heavy atom. The van der Waals surface area contributed by atoms with Crippen LogP contribution in [0.3, 0.4) is 0 Å². The van der Waals surface area contributed by atoms with Crippen molar-refractivity contribution in [1.29, 1.82) is 0 Å². The van der Waals surface area contributed by atoms with Crippen LogP contribution < -0.4 is 5.32 Å². The molecule has 0 spiro atoms. The van der Waals surface area contributed by atoms with Crippen molar-refractivity contribution >= 4 is 22.5 Å². The second-order valence-corrected chi connectivity index (χ2v) is 4.58. The van der Waals surface area contributed by atoms with Gasteiger partial charge in [-0.05, 0) is 36.7 Å². The van der Waals surface area contributed by atoms with Crippen molar-refractivity contribution in [1.82, 2.24) is 10.3 Å². The molecule has 0 amide bonds. The number of rotatable bonds is 7. The maximum Gasteiger partial charge on any atom is 0.0885 e. The number of fused-ring (bicyclic) bond motifs is 1. The van der Waals surface area contributed by atoms with Crippen molar-refractivity contribution in [2.75, 3.05) is 13.2 Å². The molecule has 0 aliphatic rings. The second kappa shape index (κ2) is 7.12. The quantitative estimate of drug-likeness (QED) is 0.620. The maximum atomic E-state index is 6.16. The minimum Gasteiger partial charge on any atom is -0.502 e. The lowest BCUT2D eigenvalue weighted by molar-refractivity contribution is 0.244. The van der Waals surface area contributed by atoms with Crippen molar-refractivity contribution in [2.24, 2.45) is 0 Å². The van der Waals surface area contributed by atoms with E-state index in [9.17, 15) is 0 Å². The minimum absolute atomic E-state index is 0.691. The van der Waals surface area contributed by atoms with Crippen LogP contribution in [-0.4, -0.2) is 18.1 Å². The summed E-state index contributed by atoms with van der Waals surface area (Å²) in [6, 6.07) is 7.83. The van der Waals surface area contributed by atoms with Gasteiger partial charge >= 0.3 is 0 Å². The van der Waals surface area contributed by atoms with Gasteiger partial charge in [-0.2, -0.15) is 0 Å². The summed E-state index contributed by atoms with van der Waals surface area (Å²) in [4.78, 5) is 4.41. The van der Waals surface area contributed by atoms with Crippen LogP contribution >= 0.6 is 11.6 Å². The van der Waals surface area contributed by atoms with Gasteiger partial charge in [0.05, 0.1) is 18.4 Å². The smallest absolute Gasteiger partial charge is 0.0885 e. The molecule has 4 heteroatoms. The largest absolute Gasteiger partial charge is 0.502 e. The monoisotopic (exact) mass is 276 g/mol. The summed E-state index contributed by atoms with van der Waals surface area (Å²) in [6.07, 6.45) is 4.21. The molecular weight excluding hydrogens is 260 g/mol. The highest BCUT2D eigenvalue weighted by atomic mass is 35.5. The predicted octanol–water partition coefficient (Wildman–Crippen LogP) is 3.53. The van der Waals surface area contributed by atoms with Crippen molar-refractivity contribution in [3.8, 4) is 0 Å². The van der Waals surface area contributed by atoms with Crippen LogP contribution in [0.1, 0.15) is 12.0 Å². The van der Waals surface area contributed by atoms with Crippen LogP contribution in [0.2, 0.25) is 5.02 Å². The molecule has 0 aliphatic carbocycles. The Morgan fingerprint density at radius 2 is 2.26 bits per heavy atom. The number of ether oxygens (including phenoxy) is 1. The molecule has 0 bridgehead atoms. The van der Waals surface area contributed by atoms with Gasteiger partial charge in [0, 0.05) is 23.2 Å². The molecule has 0 atom stereocenters. The Morgan fingerprint density at radius 1 is 1.37 bits per heavy atom. The molecule has 19 heavy (non-hydrogen) atoms. The van der Waals surface area contributed by atoms with Crippen LogP contribution in [0.4, 0.5) is 0 Å². The molecule has 0 aliphatic heterocycles. The van der Waals surface area contributed by atoms with E-state index in [0.29, 0.717) is 6.61 Å². The van der Waals surface area contributed by atoms with Crippen LogP contribution in [-0.2, 0) is 11.3 Å². The van der Waals surface area contributed by atoms with E-state index < -0.39 is 0 Å². The van der Waals surface area contributed by atoms with Gasteiger partial charge in [-0.15, -0.1) is 0 Å². The fraction of sp³-hybridized carbons (Fsp3) is 0.267. The third-order valence-electron chi connectivity index (χ3n) is 2.85. The first-order valence-corrected chi connectivity index (χ1v) is 6.66. The van der Waals surface area contributed by atoms with E-state index in [1.165, 1.54) is 6.26 Å². The van der Waals surface area contributed by atoms with E-state index in [4.69, 9.17) is 16.3 Å². The fourth-order valence-electron chi connectivity index (χ4n) is 1.93. The molecule has 1 aromatic heterocycles. The van der Waals surface area contributed by atoms with Gasteiger partial charge in [0.2, 0.25) is 0 Å². The molecule has 2 aromatic rings. The number of hydrogen-bond donors (Lipinski definition) is 1. The maximum absolute atomic E-state index is 6.16. The van der Waals surface area contributed by atoms with Gasteiger partial charge < -0.3 is 10.1 Å². The van der Waals surface area contributed by atoms with Crippen LogP contribution in [0.5, 0.6) is 0 Å². The lowest BCUT2D eigenvalue weighted by Gasteiger charge is -2.08. The average Bonchev–Trinajstić information content (AvgIpc) is 2.45. The number of halogens is 1. The predicted molar refractivity (Wildman–Crippen MR) is 79.2 cm³/mol. The Kier molecular flexibility index (Phi) is 5.19. The van der Waals surface area contributed by atoms with Crippen LogP contribution in [0, 0.1) is 0 Å². The molecular formula is C15H17ClN2O. The Labute approximate surface area is 118 Å².